The minimum atomic E-state index is 0.849. The predicted molar refractivity (Wildman–Crippen MR) is 80.6 cm³/mol. The Morgan fingerprint density at radius 2 is 1.42 bits per heavy atom. The molecule has 4 aliphatic carbocycles. The number of hydrogen-bond acceptors (Lipinski definition) is 0. The van der Waals surface area contributed by atoms with E-state index in [2.05, 4.69) is 48.6 Å². The van der Waals surface area contributed by atoms with Crippen LogP contribution in [0.3, 0.4) is 0 Å². The van der Waals surface area contributed by atoms with E-state index in [4.69, 9.17) is 0 Å². The number of fused-ring (bicyclic) bond motifs is 2. The zero-order chi connectivity index (χ0) is 12.7. The second-order valence-electron chi connectivity index (χ2n) is 7.02. The first-order chi connectivity index (χ1) is 9.40. The smallest absolute Gasteiger partial charge is 0.0139 e. The van der Waals surface area contributed by atoms with Crippen LogP contribution in [-0.4, -0.2) is 0 Å². The van der Waals surface area contributed by atoms with Gasteiger partial charge in [-0.15, -0.1) is 0 Å². The zero-order valence-electron chi connectivity index (χ0n) is 11.6. The maximum Gasteiger partial charge on any atom is -0.0139 e. The van der Waals surface area contributed by atoms with Gasteiger partial charge in [0, 0.05) is 0 Å². The molecule has 6 atom stereocenters. The molecule has 0 spiro atoms. The standard InChI is InChI=1S/C19H24/c1-2-6-16-11-14(9-10-15(16)5-1)12-18-13-17-7-3-4-8-19(17)18/h1-8,14-19H,9-13H2/t14-,15?,16?,17?,18-,19?/m0/s1. The third-order valence-corrected chi connectivity index (χ3v) is 5.94. The molecule has 2 saturated carbocycles. The van der Waals surface area contributed by atoms with Gasteiger partial charge in [0.25, 0.3) is 0 Å². The van der Waals surface area contributed by atoms with Crippen LogP contribution in [-0.2, 0) is 0 Å². The maximum absolute atomic E-state index is 2.47. The Kier molecular flexibility index (Phi) is 2.98. The quantitative estimate of drug-likeness (QED) is 0.655. The molecule has 0 nitrogen and oxygen atoms in total. The first kappa shape index (κ1) is 11.8. The lowest BCUT2D eigenvalue weighted by atomic mass is 9.59. The third-order valence-electron chi connectivity index (χ3n) is 5.94. The van der Waals surface area contributed by atoms with Crippen LogP contribution in [0.5, 0.6) is 0 Å². The monoisotopic (exact) mass is 252 g/mol. The molecule has 4 aliphatic rings. The molecule has 0 aromatic heterocycles. The molecule has 0 saturated heterocycles. The van der Waals surface area contributed by atoms with Gasteiger partial charge in [0.05, 0.1) is 0 Å². The molecular formula is C19H24. The molecule has 0 heteroatoms. The molecule has 0 radical (unpaired) electrons. The summed E-state index contributed by atoms with van der Waals surface area (Å²) in [7, 11) is 0. The topological polar surface area (TPSA) is 0 Å². The normalized spacial score (nSPS) is 46.5. The van der Waals surface area contributed by atoms with E-state index >= 15 is 0 Å². The highest BCUT2D eigenvalue weighted by molar-refractivity contribution is 5.20. The Labute approximate surface area is 117 Å². The molecule has 0 heterocycles. The lowest BCUT2D eigenvalue weighted by molar-refractivity contribution is 0.0992. The summed E-state index contributed by atoms with van der Waals surface area (Å²) in [5.41, 5.74) is 0. The van der Waals surface area contributed by atoms with Crippen molar-refractivity contribution in [2.75, 3.05) is 0 Å². The lowest BCUT2D eigenvalue weighted by Crippen LogP contribution is -2.37. The largest absolute Gasteiger partial charge is 0.0808 e. The van der Waals surface area contributed by atoms with Gasteiger partial charge in [0.1, 0.15) is 0 Å². The minimum Gasteiger partial charge on any atom is -0.0808 e. The third kappa shape index (κ3) is 2.16. The Morgan fingerprint density at radius 1 is 0.684 bits per heavy atom. The lowest BCUT2D eigenvalue weighted by Gasteiger charge is -2.46. The SMILES string of the molecule is C1=CC2CC[C@H](C[C@H]3CC4C=CC=CC43)CC2C=C1. The van der Waals surface area contributed by atoms with Crippen LogP contribution in [0.4, 0.5) is 0 Å². The molecule has 19 heavy (non-hydrogen) atoms. The van der Waals surface area contributed by atoms with E-state index < -0.39 is 0 Å². The summed E-state index contributed by atoms with van der Waals surface area (Å²) in [6.07, 6.45) is 26.1. The summed E-state index contributed by atoms with van der Waals surface area (Å²) in [5, 5.41) is 0. The van der Waals surface area contributed by atoms with Gasteiger partial charge >= 0.3 is 0 Å². The highest BCUT2D eigenvalue weighted by Crippen LogP contribution is 2.49. The van der Waals surface area contributed by atoms with Crippen LogP contribution < -0.4 is 0 Å². The van der Waals surface area contributed by atoms with Crippen molar-refractivity contribution in [1.29, 1.82) is 0 Å². The van der Waals surface area contributed by atoms with Crippen LogP contribution in [0.15, 0.2) is 48.6 Å². The fraction of sp³-hybridized carbons (Fsp3) is 0.579. The molecule has 100 valence electrons. The van der Waals surface area contributed by atoms with E-state index in [1.807, 2.05) is 0 Å². The Bertz CT molecular complexity index is 451. The van der Waals surface area contributed by atoms with Gasteiger partial charge in [-0.3, -0.25) is 0 Å². The molecule has 0 N–H and O–H groups in total. The van der Waals surface area contributed by atoms with Gasteiger partial charge in [0.15, 0.2) is 0 Å². The van der Waals surface area contributed by atoms with E-state index in [0.29, 0.717) is 0 Å². The molecule has 0 bridgehead atoms. The van der Waals surface area contributed by atoms with Crippen LogP contribution in [0.2, 0.25) is 0 Å². The second-order valence-corrected chi connectivity index (χ2v) is 7.02. The van der Waals surface area contributed by atoms with Gasteiger partial charge in [-0.2, -0.15) is 0 Å². The maximum atomic E-state index is 2.47. The van der Waals surface area contributed by atoms with Crippen molar-refractivity contribution in [1.82, 2.24) is 0 Å². The average molecular weight is 252 g/mol. The summed E-state index contributed by atoms with van der Waals surface area (Å²) < 4.78 is 0. The molecular weight excluding hydrogens is 228 g/mol. The molecule has 0 aromatic carbocycles. The Morgan fingerprint density at radius 3 is 2.26 bits per heavy atom. The van der Waals surface area contributed by atoms with Crippen molar-refractivity contribution in [3.8, 4) is 0 Å². The van der Waals surface area contributed by atoms with Gasteiger partial charge < -0.3 is 0 Å². The molecule has 2 fully saturated rings. The summed E-state index contributed by atoms with van der Waals surface area (Å²) in [6.45, 7) is 0. The van der Waals surface area contributed by atoms with Crippen molar-refractivity contribution >= 4 is 0 Å². The van der Waals surface area contributed by atoms with Gasteiger partial charge in [-0.25, -0.2) is 0 Å². The van der Waals surface area contributed by atoms with Crippen molar-refractivity contribution in [3.05, 3.63) is 48.6 Å². The van der Waals surface area contributed by atoms with Gasteiger partial charge in [0.2, 0.25) is 0 Å². The van der Waals surface area contributed by atoms with Crippen molar-refractivity contribution in [3.63, 3.8) is 0 Å². The predicted octanol–water partition coefficient (Wildman–Crippen LogP) is 4.91. The van der Waals surface area contributed by atoms with Crippen molar-refractivity contribution in [2.24, 2.45) is 35.5 Å². The first-order valence-electron chi connectivity index (χ1n) is 8.10. The summed E-state index contributed by atoms with van der Waals surface area (Å²) in [6, 6.07) is 0. The van der Waals surface area contributed by atoms with E-state index in [0.717, 1.165) is 35.5 Å². The average Bonchev–Trinajstić information content (AvgIpc) is 2.45. The van der Waals surface area contributed by atoms with Gasteiger partial charge in [-0.1, -0.05) is 48.6 Å². The van der Waals surface area contributed by atoms with E-state index in [1.165, 1.54) is 32.1 Å². The summed E-state index contributed by atoms with van der Waals surface area (Å²) >= 11 is 0. The Hall–Kier alpha value is -1.04. The molecule has 0 aromatic rings. The van der Waals surface area contributed by atoms with E-state index in [9.17, 15) is 0 Å². The van der Waals surface area contributed by atoms with Crippen molar-refractivity contribution in [2.45, 2.75) is 32.1 Å². The summed E-state index contributed by atoms with van der Waals surface area (Å²) in [5.74, 6) is 5.43. The highest BCUT2D eigenvalue weighted by Gasteiger charge is 2.40. The molecule has 4 rings (SSSR count). The second kappa shape index (κ2) is 4.81. The van der Waals surface area contributed by atoms with E-state index in [-0.39, 0.29) is 0 Å². The zero-order valence-corrected chi connectivity index (χ0v) is 11.6. The number of allylic oxidation sites excluding steroid dienone is 8. The van der Waals surface area contributed by atoms with Crippen LogP contribution in [0.1, 0.15) is 32.1 Å². The molecule has 0 aliphatic heterocycles. The number of hydrogen-bond donors (Lipinski definition) is 0. The molecule has 0 amide bonds. The summed E-state index contributed by atoms with van der Waals surface area (Å²) in [4.78, 5) is 0. The first-order valence-corrected chi connectivity index (χ1v) is 8.10. The van der Waals surface area contributed by atoms with Crippen LogP contribution in [0.25, 0.3) is 0 Å². The molecule has 4 unspecified atom stereocenters. The van der Waals surface area contributed by atoms with Crippen LogP contribution >= 0.6 is 0 Å². The van der Waals surface area contributed by atoms with Gasteiger partial charge in [-0.05, 0) is 67.6 Å². The van der Waals surface area contributed by atoms with Crippen molar-refractivity contribution < 1.29 is 0 Å². The fourth-order valence-corrected chi connectivity index (χ4v) is 4.81. The highest BCUT2D eigenvalue weighted by atomic mass is 14.4. The van der Waals surface area contributed by atoms with E-state index in [1.54, 1.807) is 0 Å². The Balaban J connectivity index is 1.35. The minimum absolute atomic E-state index is 0.849. The number of rotatable bonds is 2. The van der Waals surface area contributed by atoms with Crippen LogP contribution in [0, 0.1) is 35.5 Å². The fourth-order valence-electron chi connectivity index (χ4n) is 4.81.